The molecule has 2 amide bonds. The van der Waals surface area contributed by atoms with Gasteiger partial charge in [-0.15, -0.1) is 0 Å². The van der Waals surface area contributed by atoms with Crippen LogP contribution in [0.4, 0.5) is 11.4 Å². The normalized spacial score (nSPS) is 10.2. The van der Waals surface area contributed by atoms with Gasteiger partial charge >= 0.3 is 11.9 Å². The fourth-order valence-electron chi connectivity index (χ4n) is 2.54. The third-order valence-corrected chi connectivity index (χ3v) is 4.47. The average Bonchev–Trinajstić information content (AvgIpc) is 2.77. The lowest BCUT2D eigenvalue weighted by atomic mass is 10.2. The third kappa shape index (κ3) is 8.39. The molecule has 2 aromatic rings. The summed E-state index contributed by atoms with van der Waals surface area (Å²) in [5.41, 5.74) is 2.21. The highest BCUT2D eigenvalue weighted by Crippen LogP contribution is 2.20. The van der Waals surface area contributed by atoms with Gasteiger partial charge in [-0.25, -0.2) is 4.79 Å². The summed E-state index contributed by atoms with van der Waals surface area (Å²) < 4.78 is 9.94. The summed E-state index contributed by atoms with van der Waals surface area (Å²) in [6.45, 7) is 3.58. The van der Waals surface area contributed by atoms with Gasteiger partial charge in [-0.3, -0.25) is 14.4 Å². The highest BCUT2D eigenvalue weighted by molar-refractivity contribution is 6.31. The predicted octanol–water partition coefficient (Wildman–Crippen LogP) is 4.12. The van der Waals surface area contributed by atoms with Crippen molar-refractivity contribution in [2.75, 3.05) is 23.8 Å². The van der Waals surface area contributed by atoms with Gasteiger partial charge in [0, 0.05) is 22.8 Å². The first-order valence-electron chi connectivity index (χ1n) is 10.1. The number of carbonyl (C=O) groups is 4. The Hall–Kier alpha value is -3.39. The van der Waals surface area contributed by atoms with E-state index in [-0.39, 0.29) is 12.8 Å². The number of ether oxygens (including phenoxy) is 2. The monoisotopic (exact) mass is 460 g/mol. The Morgan fingerprint density at radius 1 is 0.906 bits per heavy atom. The molecule has 0 saturated carbocycles. The number of anilines is 2. The first-order valence-corrected chi connectivity index (χ1v) is 10.4. The second kappa shape index (κ2) is 12.5. The number of carbonyl (C=O) groups excluding carboxylic acids is 4. The average molecular weight is 461 g/mol. The van der Waals surface area contributed by atoms with Crippen LogP contribution in [-0.4, -0.2) is 37.0 Å². The van der Waals surface area contributed by atoms with Crippen molar-refractivity contribution in [2.45, 2.75) is 33.1 Å². The van der Waals surface area contributed by atoms with Gasteiger partial charge in [-0.05, 0) is 55.3 Å². The first-order chi connectivity index (χ1) is 15.3. The predicted molar refractivity (Wildman–Crippen MR) is 121 cm³/mol. The molecular formula is C23H25ClN2O6. The highest BCUT2D eigenvalue weighted by Gasteiger charge is 2.12. The van der Waals surface area contributed by atoms with Crippen LogP contribution in [0.5, 0.6) is 0 Å². The molecular weight excluding hydrogens is 436 g/mol. The second-order valence-electron chi connectivity index (χ2n) is 6.93. The molecule has 0 bridgehead atoms. The summed E-state index contributed by atoms with van der Waals surface area (Å²) in [7, 11) is 0. The second-order valence-corrected chi connectivity index (χ2v) is 7.37. The van der Waals surface area contributed by atoms with Gasteiger partial charge in [-0.1, -0.05) is 24.6 Å². The van der Waals surface area contributed by atoms with Crippen LogP contribution in [0, 0.1) is 6.92 Å². The number of rotatable bonds is 10. The van der Waals surface area contributed by atoms with Crippen molar-refractivity contribution in [3.63, 3.8) is 0 Å². The quantitative estimate of drug-likeness (QED) is 0.516. The standard InChI is InChI=1S/C23H25ClN2O6/c1-3-12-31-23(30)16-5-8-18(9-6-16)25-20(27)10-11-22(29)32-14-21(28)26-19-13-17(24)7-4-15(19)2/h4-9,13H,3,10-12,14H2,1-2H3,(H,25,27)(H,26,28). The van der Waals surface area contributed by atoms with Crippen LogP contribution in [0.2, 0.25) is 5.02 Å². The van der Waals surface area contributed by atoms with Gasteiger partial charge in [0.25, 0.3) is 5.91 Å². The van der Waals surface area contributed by atoms with Crippen molar-refractivity contribution in [1.29, 1.82) is 0 Å². The maximum absolute atomic E-state index is 12.0. The first kappa shape index (κ1) is 24.9. The van der Waals surface area contributed by atoms with Crippen LogP contribution in [0.25, 0.3) is 0 Å². The van der Waals surface area contributed by atoms with E-state index in [2.05, 4.69) is 10.6 Å². The van der Waals surface area contributed by atoms with Crippen LogP contribution in [-0.2, 0) is 23.9 Å². The van der Waals surface area contributed by atoms with Crippen LogP contribution in [0.3, 0.4) is 0 Å². The van der Waals surface area contributed by atoms with E-state index in [0.717, 1.165) is 12.0 Å². The van der Waals surface area contributed by atoms with Crippen LogP contribution < -0.4 is 10.6 Å². The van der Waals surface area contributed by atoms with E-state index in [1.54, 1.807) is 42.5 Å². The van der Waals surface area contributed by atoms with Gasteiger partial charge in [0.2, 0.25) is 5.91 Å². The Labute approximate surface area is 191 Å². The van der Waals surface area contributed by atoms with Crippen molar-refractivity contribution in [3.8, 4) is 0 Å². The molecule has 2 N–H and O–H groups in total. The van der Waals surface area contributed by atoms with E-state index in [1.165, 1.54) is 0 Å². The SMILES string of the molecule is CCCOC(=O)c1ccc(NC(=O)CCC(=O)OCC(=O)Nc2cc(Cl)ccc2C)cc1. The zero-order valence-electron chi connectivity index (χ0n) is 17.9. The number of amides is 2. The molecule has 170 valence electrons. The van der Waals surface area contributed by atoms with E-state index in [4.69, 9.17) is 21.1 Å². The lowest BCUT2D eigenvalue weighted by Crippen LogP contribution is -2.22. The van der Waals surface area contributed by atoms with E-state index >= 15 is 0 Å². The van der Waals surface area contributed by atoms with E-state index in [0.29, 0.717) is 28.6 Å². The molecule has 0 aliphatic heterocycles. The molecule has 0 heterocycles. The summed E-state index contributed by atoms with van der Waals surface area (Å²) in [6, 6.07) is 11.3. The Morgan fingerprint density at radius 2 is 1.62 bits per heavy atom. The fourth-order valence-corrected chi connectivity index (χ4v) is 2.71. The molecule has 2 aromatic carbocycles. The molecule has 8 nitrogen and oxygen atoms in total. The number of nitrogens with one attached hydrogen (secondary N) is 2. The molecule has 2 rings (SSSR count). The Balaban J connectivity index is 1.71. The molecule has 0 fully saturated rings. The zero-order valence-corrected chi connectivity index (χ0v) is 18.7. The van der Waals surface area contributed by atoms with Gasteiger partial charge < -0.3 is 20.1 Å². The molecule has 0 atom stereocenters. The number of benzene rings is 2. The smallest absolute Gasteiger partial charge is 0.338 e. The molecule has 0 aliphatic carbocycles. The van der Waals surface area contributed by atoms with Crippen molar-refractivity contribution < 1.29 is 28.7 Å². The molecule has 0 aromatic heterocycles. The summed E-state index contributed by atoms with van der Waals surface area (Å²) in [5.74, 6) is -2.01. The third-order valence-electron chi connectivity index (χ3n) is 4.24. The van der Waals surface area contributed by atoms with Crippen molar-refractivity contribution in [1.82, 2.24) is 0 Å². The van der Waals surface area contributed by atoms with Crippen molar-refractivity contribution in [2.24, 2.45) is 0 Å². The topological polar surface area (TPSA) is 111 Å². The lowest BCUT2D eigenvalue weighted by Gasteiger charge is -2.09. The molecule has 9 heteroatoms. The van der Waals surface area contributed by atoms with Crippen LogP contribution in [0.1, 0.15) is 42.1 Å². The van der Waals surface area contributed by atoms with E-state index in [1.807, 2.05) is 13.8 Å². The number of esters is 2. The van der Waals surface area contributed by atoms with Crippen LogP contribution >= 0.6 is 11.6 Å². The summed E-state index contributed by atoms with van der Waals surface area (Å²) in [6.07, 6.45) is 0.430. The number of hydrogen-bond acceptors (Lipinski definition) is 6. The van der Waals surface area contributed by atoms with Gasteiger partial charge in [-0.2, -0.15) is 0 Å². The van der Waals surface area contributed by atoms with Crippen LogP contribution in [0.15, 0.2) is 42.5 Å². The van der Waals surface area contributed by atoms with Crippen molar-refractivity contribution >= 4 is 46.7 Å². The minimum absolute atomic E-state index is 0.117. The summed E-state index contributed by atoms with van der Waals surface area (Å²) >= 11 is 5.90. The summed E-state index contributed by atoms with van der Waals surface area (Å²) in [4.78, 5) is 47.6. The number of halogens is 1. The number of hydrogen-bond donors (Lipinski definition) is 2. The van der Waals surface area contributed by atoms with E-state index in [9.17, 15) is 19.2 Å². The maximum atomic E-state index is 12.0. The minimum atomic E-state index is -0.674. The van der Waals surface area contributed by atoms with Gasteiger partial charge in [0.05, 0.1) is 18.6 Å². The van der Waals surface area contributed by atoms with Crippen molar-refractivity contribution in [3.05, 3.63) is 58.6 Å². The maximum Gasteiger partial charge on any atom is 0.338 e. The highest BCUT2D eigenvalue weighted by atomic mass is 35.5. The van der Waals surface area contributed by atoms with E-state index < -0.39 is 30.4 Å². The fraction of sp³-hybridized carbons (Fsp3) is 0.304. The molecule has 0 spiro atoms. The minimum Gasteiger partial charge on any atom is -0.462 e. The largest absolute Gasteiger partial charge is 0.462 e. The molecule has 0 radical (unpaired) electrons. The molecule has 0 saturated heterocycles. The Bertz CT molecular complexity index is 975. The Morgan fingerprint density at radius 3 is 2.31 bits per heavy atom. The summed E-state index contributed by atoms with van der Waals surface area (Å²) in [5, 5.41) is 5.71. The molecule has 32 heavy (non-hydrogen) atoms. The van der Waals surface area contributed by atoms with Gasteiger partial charge in [0.15, 0.2) is 6.61 Å². The lowest BCUT2D eigenvalue weighted by molar-refractivity contribution is -0.147. The Kier molecular flexibility index (Phi) is 9.69. The zero-order chi connectivity index (χ0) is 23.5. The number of aryl methyl sites for hydroxylation is 1. The molecule has 0 aliphatic rings. The van der Waals surface area contributed by atoms with Gasteiger partial charge in [0.1, 0.15) is 0 Å². The molecule has 0 unspecified atom stereocenters.